The molecule has 0 fully saturated rings. The van der Waals surface area contributed by atoms with Gasteiger partial charge < -0.3 is 10.1 Å². The Kier molecular flexibility index (Phi) is 5.77. The first kappa shape index (κ1) is 21.7. The van der Waals surface area contributed by atoms with Crippen molar-refractivity contribution in [1.82, 2.24) is 19.2 Å². The van der Waals surface area contributed by atoms with Crippen LogP contribution in [0.15, 0.2) is 88.8 Å². The number of methoxy groups -OCH3 is 1. The van der Waals surface area contributed by atoms with Gasteiger partial charge in [-0.05, 0) is 43.3 Å². The summed E-state index contributed by atoms with van der Waals surface area (Å²) in [6, 6.07) is 23.8. The minimum Gasteiger partial charge on any atom is -0.497 e. The SMILES string of the molecule is COc1cccc(-n2c(=O)c3ccccc3n3c(SC(C)C(=O)Nc4ccccc4)nnc23)c1. The van der Waals surface area contributed by atoms with Gasteiger partial charge in [0.25, 0.3) is 5.56 Å². The van der Waals surface area contributed by atoms with E-state index in [9.17, 15) is 9.59 Å². The van der Waals surface area contributed by atoms with Crippen molar-refractivity contribution in [2.24, 2.45) is 0 Å². The quantitative estimate of drug-likeness (QED) is 0.374. The van der Waals surface area contributed by atoms with Gasteiger partial charge in [-0.15, -0.1) is 10.2 Å². The monoisotopic (exact) mass is 471 g/mol. The molecular formula is C25H21N5O3S. The number of nitrogens with zero attached hydrogens (tertiary/aromatic N) is 4. The number of hydrogen-bond donors (Lipinski definition) is 1. The molecule has 1 unspecified atom stereocenters. The number of nitrogens with one attached hydrogen (secondary N) is 1. The lowest BCUT2D eigenvalue weighted by Crippen LogP contribution is -2.23. The zero-order chi connectivity index (χ0) is 23.7. The number of anilines is 1. The topological polar surface area (TPSA) is 90.5 Å². The van der Waals surface area contributed by atoms with Gasteiger partial charge in [-0.25, -0.2) is 4.57 Å². The molecule has 5 aromatic rings. The van der Waals surface area contributed by atoms with Crippen molar-refractivity contribution in [2.45, 2.75) is 17.3 Å². The number of ether oxygens (including phenoxy) is 1. The molecule has 1 N–H and O–H groups in total. The molecule has 0 spiro atoms. The maximum atomic E-state index is 13.5. The van der Waals surface area contributed by atoms with Crippen molar-refractivity contribution < 1.29 is 9.53 Å². The van der Waals surface area contributed by atoms with Crippen LogP contribution in [0, 0.1) is 0 Å². The van der Waals surface area contributed by atoms with Crippen molar-refractivity contribution in [2.75, 3.05) is 12.4 Å². The number of rotatable bonds is 6. The number of para-hydroxylation sites is 2. The average Bonchev–Trinajstić information content (AvgIpc) is 3.28. The summed E-state index contributed by atoms with van der Waals surface area (Å²) in [5.41, 5.74) is 1.79. The summed E-state index contributed by atoms with van der Waals surface area (Å²) in [4.78, 5) is 26.2. The minimum absolute atomic E-state index is 0.154. The van der Waals surface area contributed by atoms with Crippen LogP contribution in [-0.4, -0.2) is 37.4 Å². The highest BCUT2D eigenvalue weighted by molar-refractivity contribution is 8.00. The Morgan fingerprint density at radius 1 is 1.00 bits per heavy atom. The number of aromatic nitrogens is 4. The van der Waals surface area contributed by atoms with E-state index in [4.69, 9.17) is 4.74 Å². The van der Waals surface area contributed by atoms with Crippen LogP contribution in [0.25, 0.3) is 22.4 Å². The molecule has 170 valence electrons. The first-order valence-corrected chi connectivity index (χ1v) is 11.5. The van der Waals surface area contributed by atoms with E-state index in [2.05, 4.69) is 15.5 Å². The van der Waals surface area contributed by atoms with E-state index in [-0.39, 0.29) is 11.5 Å². The van der Waals surface area contributed by atoms with Gasteiger partial charge in [-0.2, -0.15) is 0 Å². The number of benzene rings is 3. The third-order valence-electron chi connectivity index (χ3n) is 5.40. The van der Waals surface area contributed by atoms with Gasteiger partial charge in [-0.3, -0.25) is 14.0 Å². The lowest BCUT2D eigenvalue weighted by molar-refractivity contribution is -0.115. The van der Waals surface area contributed by atoms with Gasteiger partial charge in [0, 0.05) is 11.8 Å². The van der Waals surface area contributed by atoms with Crippen molar-refractivity contribution in [3.8, 4) is 11.4 Å². The minimum atomic E-state index is -0.455. The van der Waals surface area contributed by atoms with Crippen LogP contribution in [0.5, 0.6) is 5.75 Å². The van der Waals surface area contributed by atoms with Gasteiger partial charge in [-0.1, -0.05) is 48.2 Å². The van der Waals surface area contributed by atoms with Crippen molar-refractivity contribution in [3.63, 3.8) is 0 Å². The number of carbonyl (C=O) groups excluding carboxylic acids is 1. The van der Waals surface area contributed by atoms with E-state index in [1.807, 2.05) is 78.1 Å². The smallest absolute Gasteiger partial charge is 0.267 e. The van der Waals surface area contributed by atoms with Crippen LogP contribution >= 0.6 is 11.8 Å². The summed E-state index contributed by atoms with van der Waals surface area (Å²) in [5, 5.41) is 12.2. The molecule has 2 heterocycles. The van der Waals surface area contributed by atoms with E-state index in [0.717, 1.165) is 5.69 Å². The van der Waals surface area contributed by atoms with Crippen LogP contribution in [-0.2, 0) is 4.79 Å². The molecule has 0 aliphatic carbocycles. The fourth-order valence-electron chi connectivity index (χ4n) is 3.71. The average molecular weight is 472 g/mol. The first-order valence-electron chi connectivity index (χ1n) is 10.6. The Bertz CT molecular complexity index is 1560. The molecule has 0 saturated heterocycles. The fraction of sp³-hybridized carbons (Fsp3) is 0.120. The Balaban J connectivity index is 1.61. The zero-order valence-corrected chi connectivity index (χ0v) is 19.3. The Labute approximate surface area is 199 Å². The largest absolute Gasteiger partial charge is 0.497 e. The summed E-state index contributed by atoms with van der Waals surface area (Å²) in [6.45, 7) is 1.81. The van der Waals surface area contributed by atoms with Gasteiger partial charge in [0.15, 0.2) is 5.16 Å². The van der Waals surface area contributed by atoms with E-state index in [1.165, 1.54) is 16.3 Å². The van der Waals surface area contributed by atoms with Crippen LogP contribution in [0.3, 0.4) is 0 Å². The molecule has 0 radical (unpaired) electrons. The van der Waals surface area contributed by atoms with Crippen LogP contribution in [0.1, 0.15) is 6.92 Å². The normalized spacial score (nSPS) is 12.1. The second-order valence-electron chi connectivity index (χ2n) is 7.59. The lowest BCUT2D eigenvalue weighted by atomic mass is 10.2. The second kappa shape index (κ2) is 9.03. The number of thioether (sulfide) groups is 1. The predicted octanol–water partition coefficient (Wildman–Crippen LogP) is 4.16. The molecule has 1 atom stereocenters. The molecule has 0 saturated carbocycles. The molecule has 3 aromatic carbocycles. The summed E-state index contributed by atoms with van der Waals surface area (Å²) in [5.74, 6) is 0.824. The summed E-state index contributed by atoms with van der Waals surface area (Å²) < 4.78 is 8.67. The Morgan fingerprint density at radius 3 is 2.56 bits per heavy atom. The highest BCUT2D eigenvalue weighted by Gasteiger charge is 2.22. The molecule has 2 aromatic heterocycles. The molecular weight excluding hydrogens is 450 g/mol. The first-order chi connectivity index (χ1) is 16.6. The third-order valence-corrected chi connectivity index (χ3v) is 6.44. The predicted molar refractivity (Wildman–Crippen MR) is 133 cm³/mol. The van der Waals surface area contributed by atoms with Crippen LogP contribution in [0.4, 0.5) is 5.69 Å². The third kappa shape index (κ3) is 3.90. The highest BCUT2D eigenvalue weighted by atomic mass is 32.2. The van der Waals surface area contributed by atoms with Gasteiger partial charge in [0.1, 0.15) is 5.75 Å². The van der Waals surface area contributed by atoms with E-state index in [0.29, 0.717) is 33.3 Å². The molecule has 8 nitrogen and oxygen atoms in total. The van der Waals surface area contributed by atoms with Crippen LogP contribution < -0.4 is 15.6 Å². The highest BCUT2D eigenvalue weighted by Crippen LogP contribution is 2.27. The number of hydrogen-bond acceptors (Lipinski definition) is 6. The standard InChI is InChI=1S/C25H21N5O3S/c1-16(22(31)26-17-9-4-3-5-10-17)34-25-28-27-24-29(18-11-8-12-19(15-18)33-2)23(32)20-13-6-7-14-21(20)30(24)25/h3-16H,1-2H3,(H,26,31). The fourth-order valence-corrected chi connectivity index (χ4v) is 4.57. The van der Waals surface area contributed by atoms with Crippen molar-refractivity contribution in [1.29, 1.82) is 0 Å². The van der Waals surface area contributed by atoms with Crippen molar-refractivity contribution in [3.05, 3.63) is 89.2 Å². The molecule has 1 amide bonds. The van der Waals surface area contributed by atoms with Crippen molar-refractivity contribution >= 4 is 40.0 Å². The maximum absolute atomic E-state index is 13.5. The second-order valence-corrected chi connectivity index (χ2v) is 8.90. The van der Waals surface area contributed by atoms with E-state index >= 15 is 0 Å². The molecule has 34 heavy (non-hydrogen) atoms. The molecule has 5 rings (SSSR count). The van der Waals surface area contributed by atoms with Crippen LogP contribution in [0.2, 0.25) is 0 Å². The molecule has 0 aliphatic rings. The summed E-state index contributed by atoms with van der Waals surface area (Å²) in [6.07, 6.45) is 0. The number of fused-ring (bicyclic) bond motifs is 3. The Hall–Kier alpha value is -4.11. The van der Waals surface area contributed by atoms with Gasteiger partial charge in [0.2, 0.25) is 11.7 Å². The van der Waals surface area contributed by atoms with Gasteiger partial charge in [0.05, 0.1) is 29.0 Å². The number of carbonyl (C=O) groups is 1. The zero-order valence-electron chi connectivity index (χ0n) is 18.5. The van der Waals surface area contributed by atoms with Gasteiger partial charge >= 0.3 is 0 Å². The maximum Gasteiger partial charge on any atom is 0.267 e. The molecule has 0 bridgehead atoms. The van der Waals surface area contributed by atoms with E-state index in [1.54, 1.807) is 19.2 Å². The molecule has 9 heteroatoms. The Morgan fingerprint density at radius 2 is 1.76 bits per heavy atom. The van der Waals surface area contributed by atoms with E-state index < -0.39 is 5.25 Å². The lowest BCUT2D eigenvalue weighted by Gasteiger charge is -2.14. The summed E-state index contributed by atoms with van der Waals surface area (Å²) in [7, 11) is 1.57. The number of amides is 1. The summed E-state index contributed by atoms with van der Waals surface area (Å²) >= 11 is 1.28. The molecule has 0 aliphatic heterocycles.